The van der Waals surface area contributed by atoms with E-state index in [-0.39, 0.29) is 0 Å². The summed E-state index contributed by atoms with van der Waals surface area (Å²) in [6.45, 7) is 0. The molecule has 0 radical (unpaired) electrons. The van der Waals surface area contributed by atoms with Gasteiger partial charge in [0.05, 0.1) is 6.20 Å². The first-order chi connectivity index (χ1) is 9.93. The monoisotopic (exact) mass is 268 g/mol. The van der Waals surface area contributed by atoms with E-state index >= 15 is 0 Å². The van der Waals surface area contributed by atoms with E-state index in [2.05, 4.69) is 20.7 Å². The van der Waals surface area contributed by atoms with Gasteiger partial charge in [-0.3, -0.25) is 5.43 Å². The molecular formula is C16H20N4. The molecule has 1 heterocycles. The summed E-state index contributed by atoms with van der Waals surface area (Å²) in [4.78, 5) is 0. The molecule has 1 N–H and O–H groups in total. The molecular weight excluding hydrogens is 248 g/mol. The largest absolute Gasteiger partial charge is 0.260 e. The zero-order valence-corrected chi connectivity index (χ0v) is 11.6. The Balaban J connectivity index is 1.61. The van der Waals surface area contributed by atoms with Crippen molar-refractivity contribution in [3.63, 3.8) is 0 Å². The Morgan fingerprint density at radius 2 is 2.05 bits per heavy atom. The van der Waals surface area contributed by atoms with Crippen molar-refractivity contribution in [2.45, 2.75) is 38.5 Å². The third-order valence-electron chi connectivity index (χ3n) is 4.00. The molecule has 1 aliphatic rings. The van der Waals surface area contributed by atoms with Gasteiger partial charge < -0.3 is 0 Å². The van der Waals surface area contributed by atoms with E-state index in [1.165, 1.54) is 32.1 Å². The Morgan fingerprint density at radius 3 is 2.95 bits per heavy atom. The van der Waals surface area contributed by atoms with Crippen LogP contribution in [0, 0.1) is 5.92 Å². The van der Waals surface area contributed by atoms with Crippen LogP contribution in [-0.4, -0.2) is 16.4 Å². The van der Waals surface area contributed by atoms with Crippen LogP contribution in [-0.2, 0) is 0 Å². The molecule has 0 spiro atoms. The molecule has 0 atom stereocenters. The Bertz CT molecular complexity index is 583. The van der Waals surface area contributed by atoms with Crippen LogP contribution >= 0.6 is 0 Å². The Hall–Kier alpha value is -1.97. The lowest BCUT2D eigenvalue weighted by Gasteiger charge is -2.19. The van der Waals surface area contributed by atoms with Crippen molar-refractivity contribution in [3.8, 4) is 0 Å². The van der Waals surface area contributed by atoms with Gasteiger partial charge in [0.15, 0.2) is 5.82 Å². The van der Waals surface area contributed by atoms with E-state index in [9.17, 15) is 0 Å². The third-order valence-corrected chi connectivity index (χ3v) is 4.00. The van der Waals surface area contributed by atoms with Gasteiger partial charge in [0.1, 0.15) is 0 Å². The maximum absolute atomic E-state index is 4.31. The molecule has 0 bridgehead atoms. The summed E-state index contributed by atoms with van der Waals surface area (Å²) in [7, 11) is 0. The summed E-state index contributed by atoms with van der Waals surface area (Å²) in [6.07, 6.45) is 11.7. The van der Waals surface area contributed by atoms with Gasteiger partial charge >= 0.3 is 0 Å². The van der Waals surface area contributed by atoms with Crippen LogP contribution in [0.1, 0.15) is 38.5 Å². The topological polar surface area (TPSA) is 50.2 Å². The number of hydrazone groups is 1. The number of rotatable bonds is 4. The number of fused-ring (bicyclic) bond motifs is 1. The molecule has 0 amide bonds. The first-order valence-corrected chi connectivity index (χ1v) is 7.41. The van der Waals surface area contributed by atoms with Crippen molar-refractivity contribution >= 4 is 22.8 Å². The lowest BCUT2D eigenvalue weighted by molar-refractivity contribution is 0.370. The summed E-state index contributed by atoms with van der Waals surface area (Å²) in [5, 5.41) is 14.5. The number of anilines is 1. The average molecular weight is 268 g/mol. The number of hydrogen-bond donors (Lipinski definition) is 1. The summed E-state index contributed by atoms with van der Waals surface area (Å²) in [5.74, 6) is 1.54. The number of nitrogens with zero attached hydrogens (tertiary/aromatic N) is 3. The lowest BCUT2D eigenvalue weighted by Crippen LogP contribution is -2.07. The number of aromatic nitrogens is 2. The van der Waals surface area contributed by atoms with E-state index in [1.54, 1.807) is 6.20 Å². The SMILES string of the molecule is C(/CC1CCCCC1)=N/Nc1nncc2ccccc12. The second kappa shape index (κ2) is 6.46. The predicted molar refractivity (Wildman–Crippen MR) is 82.8 cm³/mol. The molecule has 1 aromatic carbocycles. The molecule has 1 aliphatic carbocycles. The predicted octanol–water partition coefficient (Wildman–Crippen LogP) is 4.00. The second-order valence-electron chi connectivity index (χ2n) is 5.44. The fraction of sp³-hybridized carbons (Fsp3) is 0.438. The molecule has 1 saturated carbocycles. The summed E-state index contributed by atoms with van der Waals surface area (Å²) in [5.41, 5.74) is 3.02. The highest BCUT2D eigenvalue weighted by atomic mass is 15.3. The zero-order chi connectivity index (χ0) is 13.6. The Labute approximate surface area is 119 Å². The molecule has 3 rings (SSSR count). The van der Waals surface area contributed by atoms with Gasteiger partial charge in [0.2, 0.25) is 0 Å². The summed E-state index contributed by atoms with van der Waals surface area (Å²) < 4.78 is 0. The molecule has 0 saturated heterocycles. The van der Waals surface area contributed by atoms with Crippen molar-refractivity contribution < 1.29 is 0 Å². The van der Waals surface area contributed by atoms with Crippen LogP contribution < -0.4 is 5.43 Å². The highest BCUT2D eigenvalue weighted by Crippen LogP contribution is 2.25. The summed E-state index contributed by atoms with van der Waals surface area (Å²) in [6, 6.07) is 8.06. The maximum atomic E-state index is 4.31. The first kappa shape index (κ1) is 13.0. The van der Waals surface area contributed by atoms with Crippen molar-refractivity contribution in [2.24, 2.45) is 11.0 Å². The van der Waals surface area contributed by atoms with E-state index in [1.807, 2.05) is 30.5 Å². The summed E-state index contributed by atoms with van der Waals surface area (Å²) >= 11 is 0. The highest BCUT2D eigenvalue weighted by molar-refractivity contribution is 5.90. The standard InChI is InChI=1S/C16H20N4/c1-2-6-13(7-3-1)10-11-17-19-16-15-9-5-4-8-14(15)12-18-20-16/h4-5,8-9,11-13H,1-3,6-7,10H2,(H,19,20)/b17-11-. The number of nitrogens with one attached hydrogen (secondary N) is 1. The second-order valence-corrected chi connectivity index (χ2v) is 5.44. The van der Waals surface area contributed by atoms with Crippen LogP contribution in [0.2, 0.25) is 0 Å². The quantitative estimate of drug-likeness (QED) is 0.673. The van der Waals surface area contributed by atoms with Gasteiger partial charge in [0, 0.05) is 17.0 Å². The fourth-order valence-electron chi connectivity index (χ4n) is 2.84. The van der Waals surface area contributed by atoms with Gasteiger partial charge in [-0.2, -0.15) is 10.2 Å². The first-order valence-electron chi connectivity index (χ1n) is 7.41. The molecule has 2 aromatic rings. The van der Waals surface area contributed by atoms with Gasteiger partial charge in [0.25, 0.3) is 0 Å². The zero-order valence-electron chi connectivity index (χ0n) is 11.6. The molecule has 1 aromatic heterocycles. The molecule has 1 fully saturated rings. The lowest BCUT2D eigenvalue weighted by atomic mass is 9.87. The molecule has 4 nitrogen and oxygen atoms in total. The Morgan fingerprint density at radius 1 is 1.20 bits per heavy atom. The fourth-order valence-corrected chi connectivity index (χ4v) is 2.84. The molecule has 20 heavy (non-hydrogen) atoms. The minimum atomic E-state index is 0.725. The normalized spacial score (nSPS) is 16.8. The van der Waals surface area contributed by atoms with Crippen molar-refractivity contribution in [1.82, 2.24) is 10.2 Å². The van der Waals surface area contributed by atoms with Gasteiger partial charge in [-0.25, -0.2) is 0 Å². The minimum Gasteiger partial charge on any atom is -0.260 e. The van der Waals surface area contributed by atoms with E-state index in [0.29, 0.717) is 0 Å². The molecule has 104 valence electrons. The van der Waals surface area contributed by atoms with Gasteiger partial charge in [-0.1, -0.05) is 56.4 Å². The molecule has 0 unspecified atom stereocenters. The van der Waals surface area contributed by atoms with Gasteiger partial charge in [-0.05, 0) is 12.3 Å². The van der Waals surface area contributed by atoms with Crippen LogP contribution in [0.25, 0.3) is 10.8 Å². The Kier molecular flexibility index (Phi) is 4.21. The van der Waals surface area contributed by atoms with Crippen LogP contribution in [0.3, 0.4) is 0 Å². The van der Waals surface area contributed by atoms with Crippen LogP contribution in [0.4, 0.5) is 5.82 Å². The smallest absolute Gasteiger partial charge is 0.176 e. The van der Waals surface area contributed by atoms with Crippen molar-refractivity contribution in [2.75, 3.05) is 5.43 Å². The van der Waals surface area contributed by atoms with Crippen LogP contribution in [0.5, 0.6) is 0 Å². The van der Waals surface area contributed by atoms with Crippen molar-refractivity contribution in [3.05, 3.63) is 30.5 Å². The van der Waals surface area contributed by atoms with Crippen LogP contribution in [0.15, 0.2) is 35.6 Å². The van der Waals surface area contributed by atoms with Gasteiger partial charge in [-0.15, -0.1) is 5.10 Å². The third kappa shape index (κ3) is 3.13. The minimum absolute atomic E-state index is 0.725. The van der Waals surface area contributed by atoms with E-state index < -0.39 is 0 Å². The average Bonchev–Trinajstić information content (AvgIpc) is 2.53. The highest BCUT2D eigenvalue weighted by Gasteiger charge is 2.11. The van der Waals surface area contributed by atoms with E-state index in [4.69, 9.17) is 0 Å². The maximum Gasteiger partial charge on any atom is 0.176 e. The number of benzene rings is 1. The number of hydrogen-bond acceptors (Lipinski definition) is 4. The molecule has 4 heteroatoms. The van der Waals surface area contributed by atoms with E-state index in [0.717, 1.165) is 28.9 Å². The van der Waals surface area contributed by atoms with Crippen molar-refractivity contribution in [1.29, 1.82) is 0 Å². The molecule has 0 aliphatic heterocycles.